The normalized spacial score (nSPS) is 28.1. The molecule has 0 saturated heterocycles. The minimum Gasteiger partial charge on any atom is -0.390 e. The van der Waals surface area contributed by atoms with E-state index in [1.807, 2.05) is 13.8 Å². The molecule has 0 radical (unpaired) electrons. The number of hydrogen-bond donors (Lipinski definition) is 2. The van der Waals surface area contributed by atoms with Gasteiger partial charge in [0.25, 0.3) is 0 Å². The van der Waals surface area contributed by atoms with Gasteiger partial charge in [0.05, 0.1) is 11.2 Å². The summed E-state index contributed by atoms with van der Waals surface area (Å²) in [6, 6.07) is 0. The van der Waals surface area contributed by atoms with E-state index >= 15 is 0 Å². The van der Waals surface area contributed by atoms with Gasteiger partial charge in [-0.3, -0.25) is 0 Å². The van der Waals surface area contributed by atoms with E-state index in [4.69, 9.17) is 0 Å². The van der Waals surface area contributed by atoms with Crippen molar-refractivity contribution in [2.75, 3.05) is 0 Å². The SMILES string of the molecule is C.CC1=CCC(C(C)(C)O)CC1.CC1=CC[C@](O)(C(C)C)CC1. The van der Waals surface area contributed by atoms with Crippen LogP contribution >= 0.6 is 0 Å². The molecule has 2 rings (SSSR count). The lowest BCUT2D eigenvalue weighted by Crippen LogP contribution is -2.36. The predicted molar refractivity (Wildman–Crippen MR) is 102 cm³/mol. The molecule has 0 bridgehead atoms. The molecule has 0 aliphatic heterocycles. The van der Waals surface area contributed by atoms with Gasteiger partial charge in [0.15, 0.2) is 0 Å². The van der Waals surface area contributed by atoms with Crippen LogP contribution in [0.2, 0.25) is 0 Å². The smallest absolute Gasteiger partial charge is 0.0707 e. The molecule has 136 valence electrons. The lowest BCUT2D eigenvalue weighted by Gasteiger charge is -2.34. The minimum atomic E-state index is -0.489. The molecule has 2 N–H and O–H groups in total. The molecular weight excluding hydrogens is 284 g/mol. The van der Waals surface area contributed by atoms with Crippen LogP contribution in [-0.4, -0.2) is 21.4 Å². The Morgan fingerprint density at radius 2 is 1.70 bits per heavy atom. The van der Waals surface area contributed by atoms with Crippen LogP contribution in [-0.2, 0) is 0 Å². The van der Waals surface area contributed by atoms with Crippen molar-refractivity contribution < 1.29 is 10.2 Å². The van der Waals surface area contributed by atoms with E-state index < -0.39 is 11.2 Å². The van der Waals surface area contributed by atoms with Crippen molar-refractivity contribution in [2.45, 2.75) is 98.7 Å². The zero-order chi connectivity index (χ0) is 17.0. The van der Waals surface area contributed by atoms with Gasteiger partial charge in [-0.15, -0.1) is 0 Å². The summed E-state index contributed by atoms with van der Waals surface area (Å²) in [6.45, 7) is 12.3. The van der Waals surface area contributed by atoms with E-state index in [1.54, 1.807) is 0 Å². The molecule has 0 fully saturated rings. The minimum absolute atomic E-state index is 0. The highest BCUT2D eigenvalue weighted by molar-refractivity contribution is 5.08. The molecule has 0 saturated carbocycles. The van der Waals surface area contributed by atoms with Crippen molar-refractivity contribution in [3.05, 3.63) is 23.3 Å². The largest absolute Gasteiger partial charge is 0.390 e. The molecule has 0 spiro atoms. The summed E-state index contributed by atoms with van der Waals surface area (Å²) < 4.78 is 0. The zero-order valence-electron chi connectivity index (χ0n) is 15.4. The van der Waals surface area contributed by atoms with Crippen LogP contribution in [0, 0.1) is 11.8 Å². The van der Waals surface area contributed by atoms with Crippen LogP contribution in [0.1, 0.15) is 87.5 Å². The Bertz CT molecular complexity index is 412. The fourth-order valence-corrected chi connectivity index (χ4v) is 3.10. The molecule has 23 heavy (non-hydrogen) atoms. The molecule has 2 nitrogen and oxygen atoms in total. The molecule has 0 amide bonds. The van der Waals surface area contributed by atoms with E-state index in [2.05, 4.69) is 39.8 Å². The third-order valence-electron chi connectivity index (χ3n) is 5.47. The molecule has 0 aromatic rings. The quantitative estimate of drug-likeness (QED) is 0.645. The first-order valence-electron chi connectivity index (χ1n) is 8.80. The highest BCUT2D eigenvalue weighted by Gasteiger charge is 2.31. The fraction of sp³-hybridized carbons (Fsp3) is 0.810. The molecule has 2 aliphatic rings. The van der Waals surface area contributed by atoms with Crippen molar-refractivity contribution in [1.82, 2.24) is 0 Å². The molecule has 0 aromatic heterocycles. The van der Waals surface area contributed by atoms with Crippen molar-refractivity contribution in [1.29, 1.82) is 0 Å². The highest BCUT2D eigenvalue weighted by atomic mass is 16.3. The van der Waals surface area contributed by atoms with Gasteiger partial charge in [-0.1, -0.05) is 44.6 Å². The van der Waals surface area contributed by atoms with Crippen molar-refractivity contribution in [3.63, 3.8) is 0 Å². The number of hydrogen-bond acceptors (Lipinski definition) is 2. The van der Waals surface area contributed by atoms with E-state index in [1.165, 1.54) is 11.1 Å². The van der Waals surface area contributed by atoms with Crippen LogP contribution in [0.3, 0.4) is 0 Å². The highest BCUT2D eigenvalue weighted by Crippen LogP contribution is 2.33. The second-order valence-corrected chi connectivity index (χ2v) is 8.19. The average molecular weight is 325 g/mol. The summed E-state index contributed by atoms with van der Waals surface area (Å²) >= 11 is 0. The van der Waals surface area contributed by atoms with Crippen LogP contribution in [0.5, 0.6) is 0 Å². The Kier molecular flexibility index (Phi) is 8.80. The topological polar surface area (TPSA) is 40.5 Å². The van der Waals surface area contributed by atoms with Crippen molar-refractivity contribution in [2.24, 2.45) is 11.8 Å². The van der Waals surface area contributed by atoms with Gasteiger partial charge in [-0.2, -0.15) is 0 Å². The molecule has 2 atom stereocenters. The van der Waals surface area contributed by atoms with Gasteiger partial charge >= 0.3 is 0 Å². The first-order chi connectivity index (χ1) is 10.0. The van der Waals surface area contributed by atoms with E-state index in [-0.39, 0.29) is 7.43 Å². The second-order valence-electron chi connectivity index (χ2n) is 8.19. The molecule has 0 aromatic carbocycles. The van der Waals surface area contributed by atoms with Crippen molar-refractivity contribution in [3.8, 4) is 0 Å². The Morgan fingerprint density at radius 3 is 2.04 bits per heavy atom. The van der Waals surface area contributed by atoms with Crippen LogP contribution in [0.15, 0.2) is 23.3 Å². The maximum atomic E-state index is 10.0. The van der Waals surface area contributed by atoms with Gasteiger partial charge in [-0.05, 0) is 78.1 Å². The summed E-state index contributed by atoms with van der Waals surface area (Å²) in [5.74, 6) is 0.845. The second kappa shape index (κ2) is 9.03. The summed E-state index contributed by atoms with van der Waals surface area (Å²) in [4.78, 5) is 0. The number of rotatable bonds is 2. The van der Waals surface area contributed by atoms with Gasteiger partial charge < -0.3 is 10.2 Å². The standard InChI is InChI=1S/2C10H18O.CH4/c1-8-4-6-9(7-5-8)10(2,3)11;1-8(2)10(11)6-4-9(3)5-7-10;/h4,9,11H,5-7H2,1-3H3;4,8,11H,5-7H2,1-3H3;1H4/t;10-;/m.1./s1. The average Bonchev–Trinajstić information content (AvgIpc) is 2.42. The Labute approximate surface area is 144 Å². The van der Waals surface area contributed by atoms with Gasteiger partial charge in [-0.25, -0.2) is 0 Å². The van der Waals surface area contributed by atoms with Gasteiger partial charge in [0.1, 0.15) is 0 Å². The van der Waals surface area contributed by atoms with Crippen LogP contribution in [0.4, 0.5) is 0 Å². The van der Waals surface area contributed by atoms with Gasteiger partial charge in [0, 0.05) is 0 Å². The number of allylic oxidation sites excluding steroid dienone is 3. The third-order valence-corrected chi connectivity index (χ3v) is 5.47. The Morgan fingerprint density at radius 1 is 1.13 bits per heavy atom. The molecule has 2 aliphatic carbocycles. The molecule has 0 heterocycles. The first kappa shape index (κ1) is 22.4. The monoisotopic (exact) mass is 324 g/mol. The molecule has 1 unspecified atom stereocenters. The van der Waals surface area contributed by atoms with Gasteiger partial charge in [0.2, 0.25) is 0 Å². The van der Waals surface area contributed by atoms with E-state index in [0.29, 0.717) is 11.8 Å². The molecule has 2 heteroatoms. The predicted octanol–water partition coefficient (Wildman–Crippen LogP) is 5.64. The third kappa shape index (κ3) is 7.22. The summed E-state index contributed by atoms with van der Waals surface area (Å²) in [5, 5.41) is 19.7. The Hall–Kier alpha value is -0.600. The Balaban J connectivity index is 0.000000403. The maximum absolute atomic E-state index is 10.0. The molecular formula is C21H40O2. The summed E-state index contributed by atoms with van der Waals surface area (Å²) in [6.07, 6.45) is 10.6. The fourth-order valence-electron chi connectivity index (χ4n) is 3.10. The first-order valence-corrected chi connectivity index (χ1v) is 8.80. The lowest BCUT2D eigenvalue weighted by atomic mass is 9.78. The summed E-state index contributed by atoms with van der Waals surface area (Å²) in [7, 11) is 0. The summed E-state index contributed by atoms with van der Waals surface area (Å²) in [5.41, 5.74) is 2.00. The number of aliphatic hydroxyl groups is 2. The maximum Gasteiger partial charge on any atom is 0.0707 e. The lowest BCUT2D eigenvalue weighted by molar-refractivity contribution is -0.0140. The van der Waals surface area contributed by atoms with E-state index in [9.17, 15) is 10.2 Å². The zero-order valence-corrected chi connectivity index (χ0v) is 15.4. The van der Waals surface area contributed by atoms with Crippen molar-refractivity contribution >= 4 is 0 Å². The van der Waals surface area contributed by atoms with Crippen LogP contribution < -0.4 is 0 Å². The van der Waals surface area contributed by atoms with Crippen LogP contribution in [0.25, 0.3) is 0 Å². The van der Waals surface area contributed by atoms with E-state index in [0.717, 1.165) is 38.5 Å².